The maximum Gasteiger partial charge on any atom is 0.257 e. The molecule has 0 atom stereocenters. The Morgan fingerprint density at radius 1 is 1.29 bits per heavy atom. The van der Waals surface area contributed by atoms with Gasteiger partial charge >= 0.3 is 0 Å². The lowest BCUT2D eigenvalue weighted by Gasteiger charge is -2.22. The summed E-state index contributed by atoms with van der Waals surface area (Å²) in [6, 6.07) is 1.09. The average Bonchev–Trinajstić information content (AvgIpc) is 2.48. The number of hydrogen-bond donors (Lipinski definition) is 0. The SMILES string of the molecule is CCOCCN(CCOCC)C(=O)c1cc(F)cnc1Cl. The molecule has 0 bridgehead atoms. The van der Waals surface area contributed by atoms with Gasteiger partial charge in [-0.25, -0.2) is 9.37 Å². The maximum atomic E-state index is 13.2. The molecule has 0 fully saturated rings. The minimum Gasteiger partial charge on any atom is -0.380 e. The van der Waals surface area contributed by atoms with Crippen LogP contribution in [0.15, 0.2) is 12.3 Å². The fraction of sp³-hybridized carbons (Fsp3) is 0.571. The molecule has 0 saturated heterocycles. The van der Waals surface area contributed by atoms with Crippen LogP contribution in [0.3, 0.4) is 0 Å². The van der Waals surface area contributed by atoms with Crippen LogP contribution in [0.5, 0.6) is 0 Å². The first-order chi connectivity index (χ1) is 10.1. The molecule has 0 aliphatic heterocycles. The molecular formula is C14H20ClFN2O3. The number of hydrogen-bond acceptors (Lipinski definition) is 4. The molecule has 5 nitrogen and oxygen atoms in total. The molecule has 1 heterocycles. The Hall–Kier alpha value is -1.24. The van der Waals surface area contributed by atoms with Gasteiger partial charge in [0.2, 0.25) is 0 Å². The first-order valence-corrected chi connectivity index (χ1v) is 7.23. The Kier molecular flexibility index (Phi) is 8.19. The molecule has 0 aromatic carbocycles. The maximum absolute atomic E-state index is 13.2. The quantitative estimate of drug-likeness (QED) is 0.518. The molecular weight excluding hydrogens is 299 g/mol. The lowest BCUT2D eigenvalue weighted by molar-refractivity contribution is 0.0549. The highest BCUT2D eigenvalue weighted by atomic mass is 35.5. The molecule has 1 rings (SSSR count). The number of carbonyl (C=O) groups excluding carboxylic acids is 1. The van der Waals surface area contributed by atoms with Crippen molar-refractivity contribution < 1.29 is 18.7 Å². The average molecular weight is 319 g/mol. The summed E-state index contributed by atoms with van der Waals surface area (Å²) in [6.07, 6.45) is 0.976. The number of amides is 1. The second-order valence-electron chi connectivity index (χ2n) is 4.18. The zero-order valence-corrected chi connectivity index (χ0v) is 13.0. The van der Waals surface area contributed by atoms with E-state index in [9.17, 15) is 9.18 Å². The Morgan fingerprint density at radius 3 is 2.38 bits per heavy atom. The van der Waals surface area contributed by atoms with Crippen LogP contribution in [0.25, 0.3) is 0 Å². The van der Waals surface area contributed by atoms with Crippen molar-refractivity contribution >= 4 is 17.5 Å². The minimum absolute atomic E-state index is 0.0146. The van der Waals surface area contributed by atoms with Gasteiger partial charge in [0.15, 0.2) is 0 Å². The Labute approximate surface area is 129 Å². The standard InChI is InChI=1S/C14H20ClFN2O3/c1-3-20-7-5-18(6-8-21-4-2)14(19)12-9-11(16)10-17-13(12)15/h9-10H,3-8H2,1-2H3. The Bertz CT molecular complexity index is 450. The topological polar surface area (TPSA) is 51.7 Å². The fourth-order valence-corrected chi connectivity index (χ4v) is 1.88. The molecule has 0 saturated carbocycles. The third-order valence-corrected chi connectivity index (χ3v) is 3.04. The van der Waals surface area contributed by atoms with E-state index >= 15 is 0 Å². The summed E-state index contributed by atoms with van der Waals surface area (Å²) >= 11 is 5.87. The van der Waals surface area contributed by atoms with E-state index in [0.29, 0.717) is 39.5 Å². The van der Waals surface area contributed by atoms with Crippen LogP contribution in [0.4, 0.5) is 4.39 Å². The number of carbonyl (C=O) groups is 1. The number of aromatic nitrogens is 1. The monoisotopic (exact) mass is 318 g/mol. The van der Waals surface area contributed by atoms with Gasteiger partial charge in [-0.3, -0.25) is 4.79 Å². The summed E-state index contributed by atoms with van der Waals surface area (Å²) in [6.45, 7) is 6.44. The first-order valence-electron chi connectivity index (χ1n) is 6.85. The molecule has 0 radical (unpaired) electrons. The molecule has 1 aromatic rings. The van der Waals surface area contributed by atoms with E-state index in [1.54, 1.807) is 0 Å². The van der Waals surface area contributed by atoms with Crippen LogP contribution >= 0.6 is 11.6 Å². The van der Waals surface area contributed by atoms with Crippen molar-refractivity contribution in [3.8, 4) is 0 Å². The highest BCUT2D eigenvalue weighted by Crippen LogP contribution is 2.16. The number of ether oxygens (including phenoxy) is 2. The highest BCUT2D eigenvalue weighted by molar-refractivity contribution is 6.32. The van der Waals surface area contributed by atoms with E-state index in [1.807, 2.05) is 13.8 Å². The summed E-state index contributed by atoms with van der Waals surface area (Å²) < 4.78 is 23.7. The van der Waals surface area contributed by atoms with Crippen molar-refractivity contribution in [2.45, 2.75) is 13.8 Å². The van der Waals surface area contributed by atoms with Crippen LogP contribution in [-0.2, 0) is 9.47 Å². The molecule has 0 spiro atoms. The zero-order chi connectivity index (χ0) is 15.7. The van der Waals surface area contributed by atoms with E-state index in [2.05, 4.69) is 4.98 Å². The second-order valence-corrected chi connectivity index (χ2v) is 4.54. The largest absolute Gasteiger partial charge is 0.380 e. The van der Waals surface area contributed by atoms with Gasteiger partial charge in [0, 0.05) is 26.3 Å². The predicted molar refractivity (Wildman–Crippen MR) is 78.1 cm³/mol. The van der Waals surface area contributed by atoms with E-state index in [0.717, 1.165) is 12.3 Å². The van der Waals surface area contributed by atoms with Crippen molar-refractivity contribution in [3.63, 3.8) is 0 Å². The molecule has 7 heteroatoms. The van der Waals surface area contributed by atoms with Crippen LogP contribution in [-0.4, -0.2) is 55.3 Å². The van der Waals surface area contributed by atoms with Crippen LogP contribution in [0.2, 0.25) is 5.15 Å². The second kappa shape index (κ2) is 9.65. The van der Waals surface area contributed by atoms with Gasteiger partial charge in [-0.15, -0.1) is 0 Å². The van der Waals surface area contributed by atoms with Gasteiger partial charge in [0.25, 0.3) is 5.91 Å². The fourth-order valence-electron chi connectivity index (χ4n) is 1.70. The lowest BCUT2D eigenvalue weighted by atomic mass is 10.2. The molecule has 21 heavy (non-hydrogen) atoms. The van der Waals surface area contributed by atoms with Gasteiger partial charge in [-0.2, -0.15) is 0 Å². The number of rotatable bonds is 9. The molecule has 1 amide bonds. The van der Waals surface area contributed by atoms with Gasteiger partial charge < -0.3 is 14.4 Å². The summed E-state index contributed by atoms with van der Waals surface area (Å²) in [4.78, 5) is 17.6. The van der Waals surface area contributed by atoms with E-state index in [4.69, 9.17) is 21.1 Å². The third kappa shape index (κ3) is 5.95. The predicted octanol–water partition coefficient (Wildman–Crippen LogP) is 2.39. The molecule has 0 aliphatic carbocycles. The molecule has 0 aliphatic rings. The zero-order valence-electron chi connectivity index (χ0n) is 12.3. The van der Waals surface area contributed by atoms with E-state index in [-0.39, 0.29) is 16.6 Å². The van der Waals surface area contributed by atoms with Crippen molar-refractivity contribution in [2.75, 3.05) is 39.5 Å². The van der Waals surface area contributed by atoms with Crippen LogP contribution in [0.1, 0.15) is 24.2 Å². The van der Waals surface area contributed by atoms with Crippen LogP contribution < -0.4 is 0 Å². The van der Waals surface area contributed by atoms with Crippen molar-refractivity contribution in [2.24, 2.45) is 0 Å². The number of nitrogens with zero attached hydrogens (tertiary/aromatic N) is 2. The minimum atomic E-state index is -0.600. The normalized spacial score (nSPS) is 10.7. The van der Waals surface area contributed by atoms with Gasteiger partial charge in [0.05, 0.1) is 25.0 Å². The third-order valence-electron chi connectivity index (χ3n) is 2.74. The van der Waals surface area contributed by atoms with Gasteiger partial charge in [0.1, 0.15) is 11.0 Å². The Balaban J connectivity index is 2.79. The summed E-state index contributed by atoms with van der Waals surface area (Å²) in [5.41, 5.74) is 0.0460. The molecule has 118 valence electrons. The van der Waals surface area contributed by atoms with E-state index in [1.165, 1.54) is 4.90 Å². The summed E-state index contributed by atoms with van der Waals surface area (Å²) in [5, 5.41) is -0.0146. The van der Waals surface area contributed by atoms with Crippen molar-refractivity contribution in [3.05, 3.63) is 28.8 Å². The highest BCUT2D eigenvalue weighted by Gasteiger charge is 2.19. The van der Waals surface area contributed by atoms with Gasteiger partial charge in [-0.05, 0) is 19.9 Å². The lowest BCUT2D eigenvalue weighted by Crippen LogP contribution is -2.37. The Morgan fingerprint density at radius 2 is 1.86 bits per heavy atom. The molecule has 1 aromatic heterocycles. The van der Waals surface area contributed by atoms with Crippen LogP contribution in [0, 0.1) is 5.82 Å². The van der Waals surface area contributed by atoms with Crippen molar-refractivity contribution in [1.82, 2.24) is 9.88 Å². The summed E-state index contributed by atoms with van der Waals surface area (Å²) in [5.74, 6) is -0.983. The summed E-state index contributed by atoms with van der Waals surface area (Å²) in [7, 11) is 0. The number of pyridine rings is 1. The molecule has 0 unspecified atom stereocenters. The van der Waals surface area contributed by atoms with E-state index < -0.39 is 5.82 Å². The molecule has 0 N–H and O–H groups in total. The van der Waals surface area contributed by atoms with Gasteiger partial charge in [-0.1, -0.05) is 11.6 Å². The number of halogens is 2. The van der Waals surface area contributed by atoms with Crippen molar-refractivity contribution in [1.29, 1.82) is 0 Å². The smallest absolute Gasteiger partial charge is 0.257 e. The first kappa shape index (κ1) is 17.8.